The zero-order valence-corrected chi connectivity index (χ0v) is 20.7. The third-order valence-electron chi connectivity index (χ3n) is 5.45. The van der Waals surface area contributed by atoms with Gasteiger partial charge in [0, 0.05) is 22.6 Å². The lowest BCUT2D eigenvalue weighted by Crippen LogP contribution is -2.07. The number of benzene rings is 3. The van der Waals surface area contributed by atoms with Crippen LogP contribution in [0, 0.1) is 6.92 Å². The normalized spacial score (nSPS) is 11.3. The zero-order valence-electron chi connectivity index (χ0n) is 19.9. The fourth-order valence-corrected chi connectivity index (χ4v) is 4.50. The lowest BCUT2D eigenvalue weighted by atomic mass is 9.99. The lowest BCUT2D eigenvalue weighted by molar-refractivity contribution is -0.214. The van der Waals surface area contributed by atoms with Gasteiger partial charge in [0.1, 0.15) is 5.76 Å². The molecule has 0 aliphatic heterocycles. The number of rotatable bonds is 10. The average Bonchev–Trinajstić information content (AvgIpc) is 3.42. The fraction of sp³-hybridized carbons (Fsp3) is 0.167. The van der Waals surface area contributed by atoms with E-state index < -0.39 is 0 Å². The highest BCUT2D eigenvalue weighted by atomic mass is 32.2. The molecule has 0 N–H and O–H groups in total. The van der Waals surface area contributed by atoms with Crippen LogP contribution in [0.4, 0.5) is 0 Å². The van der Waals surface area contributed by atoms with Gasteiger partial charge in [-0.05, 0) is 65.9 Å². The van der Waals surface area contributed by atoms with E-state index in [9.17, 15) is 4.79 Å². The van der Waals surface area contributed by atoms with Gasteiger partial charge < -0.3 is 4.42 Å². The molecule has 4 aromatic rings. The molecule has 5 heteroatoms. The summed E-state index contributed by atoms with van der Waals surface area (Å²) in [5.74, 6) is 1.79. The number of carbonyl (C=O) groups is 1. The van der Waals surface area contributed by atoms with E-state index in [-0.39, 0.29) is 5.97 Å². The molecule has 0 amide bonds. The Hall–Kier alpha value is -3.70. The Morgan fingerprint density at radius 3 is 2.40 bits per heavy atom. The molecule has 0 saturated carbocycles. The van der Waals surface area contributed by atoms with Gasteiger partial charge in [0.05, 0.1) is 6.26 Å². The van der Waals surface area contributed by atoms with Crippen LogP contribution in [-0.2, 0) is 9.68 Å². The van der Waals surface area contributed by atoms with E-state index in [4.69, 9.17) is 14.2 Å². The summed E-state index contributed by atoms with van der Waals surface area (Å²) in [6.45, 7) is 3.86. The molecule has 0 aliphatic rings. The van der Waals surface area contributed by atoms with Crippen molar-refractivity contribution < 1.29 is 19.0 Å². The minimum absolute atomic E-state index is 0.340. The van der Waals surface area contributed by atoms with E-state index >= 15 is 0 Å². The van der Waals surface area contributed by atoms with E-state index in [1.807, 2.05) is 62.4 Å². The van der Waals surface area contributed by atoms with Gasteiger partial charge in [-0.15, -0.1) is 11.8 Å². The molecular weight excluding hydrogens is 456 g/mol. The molecule has 0 bridgehead atoms. The molecule has 1 heterocycles. The molecule has 0 atom stereocenters. The summed E-state index contributed by atoms with van der Waals surface area (Å²) in [7, 11) is 0. The van der Waals surface area contributed by atoms with E-state index in [0.29, 0.717) is 12.2 Å². The second-order valence-corrected chi connectivity index (χ2v) is 9.16. The van der Waals surface area contributed by atoms with Gasteiger partial charge in [-0.25, -0.2) is 4.79 Å². The fourth-order valence-electron chi connectivity index (χ4n) is 3.63. The predicted molar refractivity (Wildman–Crippen MR) is 141 cm³/mol. The van der Waals surface area contributed by atoms with Gasteiger partial charge in [-0.2, -0.15) is 0 Å². The number of aryl methyl sites for hydroxylation is 1. The van der Waals surface area contributed by atoms with Crippen molar-refractivity contribution in [3.05, 3.63) is 114 Å². The van der Waals surface area contributed by atoms with E-state index in [2.05, 4.69) is 42.5 Å². The highest BCUT2D eigenvalue weighted by molar-refractivity contribution is 7.99. The average molecular weight is 485 g/mol. The van der Waals surface area contributed by atoms with Gasteiger partial charge in [-0.1, -0.05) is 67.6 Å². The number of thioether (sulfide) groups is 1. The molecule has 178 valence electrons. The van der Waals surface area contributed by atoms with Crippen LogP contribution in [0.25, 0.3) is 16.7 Å². The summed E-state index contributed by atoms with van der Waals surface area (Å²) in [6.07, 6.45) is 4.95. The van der Waals surface area contributed by atoms with Gasteiger partial charge >= 0.3 is 5.97 Å². The Balaban J connectivity index is 1.45. The van der Waals surface area contributed by atoms with Gasteiger partial charge in [0.2, 0.25) is 0 Å². The topological polar surface area (TPSA) is 48.7 Å². The Labute approximate surface area is 210 Å². The summed E-state index contributed by atoms with van der Waals surface area (Å²) in [6, 6.07) is 28.6. The third kappa shape index (κ3) is 6.67. The smallest absolute Gasteiger partial charge is 0.355 e. The minimum Gasteiger partial charge on any atom is -0.464 e. The van der Waals surface area contributed by atoms with Crippen molar-refractivity contribution in [2.24, 2.45) is 0 Å². The molecule has 1 aromatic heterocycles. The molecule has 4 nitrogen and oxygen atoms in total. The first-order chi connectivity index (χ1) is 17.1. The molecular formula is C30H28O4S. The summed E-state index contributed by atoms with van der Waals surface area (Å²) < 4.78 is 5.73. The maximum Gasteiger partial charge on any atom is 0.355 e. The van der Waals surface area contributed by atoms with Crippen LogP contribution in [0.5, 0.6) is 5.75 Å². The third-order valence-corrected chi connectivity index (χ3v) is 6.37. The highest BCUT2D eigenvalue weighted by Crippen LogP contribution is 2.30. The second-order valence-electron chi connectivity index (χ2n) is 8.07. The van der Waals surface area contributed by atoms with E-state index in [1.54, 1.807) is 18.0 Å². The maximum atomic E-state index is 11.5. The first kappa shape index (κ1) is 24.4. The first-order valence-corrected chi connectivity index (χ1v) is 12.6. The van der Waals surface area contributed by atoms with Crippen LogP contribution in [0.1, 0.15) is 36.7 Å². The molecule has 0 radical (unpaired) electrons. The van der Waals surface area contributed by atoms with Crippen molar-refractivity contribution in [1.82, 2.24) is 0 Å². The van der Waals surface area contributed by atoms with Crippen LogP contribution in [0.3, 0.4) is 0 Å². The van der Waals surface area contributed by atoms with Crippen molar-refractivity contribution >= 4 is 23.3 Å². The van der Waals surface area contributed by atoms with Crippen molar-refractivity contribution in [3.63, 3.8) is 0 Å². The Morgan fingerprint density at radius 2 is 1.71 bits per heavy atom. The van der Waals surface area contributed by atoms with E-state index in [0.717, 1.165) is 39.5 Å². The van der Waals surface area contributed by atoms with Gasteiger partial charge in [-0.3, -0.25) is 9.78 Å². The Kier molecular flexibility index (Phi) is 8.47. The molecule has 0 spiro atoms. The highest BCUT2D eigenvalue weighted by Gasteiger charge is 2.10. The van der Waals surface area contributed by atoms with Crippen LogP contribution in [-0.4, -0.2) is 11.7 Å². The number of hydrogen-bond donors (Lipinski definition) is 0. The van der Waals surface area contributed by atoms with Crippen molar-refractivity contribution in [1.29, 1.82) is 0 Å². The van der Waals surface area contributed by atoms with Gasteiger partial charge in [0.15, 0.2) is 5.75 Å². The van der Waals surface area contributed by atoms with Crippen LogP contribution in [0.2, 0.25) is 0 Å². The number of hydrogen-bond acceptors (Lipinski definition) is 5. The summed E-state index contributed by atoms with van der Waals surface area (Å²) in [4.78, 5) is 22.7. The van der Waals surface area contributed by atoms with Crippen LogP contribution in [0.15, 0.2) is 107 Å². The number of furan rings is 1. The van der Waals surface area contributed by atoms with Gasteiger partial charge in [0.25, 0.3) is 0 Å². The minimum atomic E-state index is -0.363. The first-order valence-electron chi connectivity index (χ1n) is 11.6. The van der Waals surface area contributed by atoms with Crippen LogP contribution >= 0.6 is 11.8 Å². The van der Waals surface area contributed by atoms with Crippen molar-refractivity contribution in [2.45, 2.75) is 31.6 Å². The summed E-state index contributed by atoms with van der Waals surface area (Å²) >= 11 is 1.71. The largest absolute Gasteiger partial charge is 0.464 e. The SMILES string of the molecule is CCCC(=O)OOc1ccc(SCC=C(c2ccc(-c3ccccc3)cc2)c2ccco2)cc1C. The predicted octanol–water partition coefficient (Wildman–Crippen LogP) is 8.12. The summed E-state index contributed by atoms with van der Waals surface area (Å²) in [5.41, 5.74) is 5.45. The maximum absolute atomic E-state index is 11.5. The Bertz CT molecular complexity index is 1260. The second kappa shape index (κ2) is 12.1. The molecule has 0 saturated heterocycles. The quantitative estimate of drug-likeness (QED) is 0.129. The van der Waals surface area contributed by atoms with Crippen LogP contribution < -0.4 is 4.89 Å². The monoisotopic (exact) mass is 484 g/mol. The molecule has 3 aromatic carbocycles. The molecule has 0 fully saturated rings. The molecule has 35 heavy (non-hydrogen) atoms. The zero-order chi connectivity index (χ0) is 24.5. The molecule has 4 rings (SSSR count). The molecule has 0 aliphatic carbocycles. The van der Waals surface area contributed by atoms with E-state index in [1.165, 1.54) is 11.1 Å². The summed E-state index contributed by atoms with van der Waals surface area (Å²) in [5, 5.41) is 0. The Morgan fingerprint density at radius 1 is 0.943 bits per heavy atom. The lowest BCUT2D eigenvalue weighted by Gasteiger charge is -2.09. The number of carbonyl (C=O) groups excluding carboxylic acids is 1. The standard InChI is InChI=1S/C30H28O4S/c1-3-8-30(31)34-33-28-17-16-26(21-22(28)2)35-20-18-27(29-11-7-19-32-29)25-14-12-24(13-15-25)23-9-5-4-6-10-23/h4-7,9-19,21H,3,8,20H2,1-2H3. The molecule has 0 unspecified atom stereocenters. The van der Waals surface area contributed by atoms with Crippen molar-refractivity contribution in [2.75, 3.05) is 5.75 Å². The van der Waals surface area contributed by atoms with Crippen molar-refractivity contribution in [3.8, 4) is 16.9 Å².